The highest BCUT2D eigenvalue weighted by Crippen LogP contribution is 2.28. The van der Waals surface area contributed by atoms with E-state index in [9.17, 15) is 0 Å². The lowest BCUT2D eigenvalue weighted by molar-refractivity contribution is 0.221. The first-order valence-corrected chi connectivity index (χ1v) is 7.93. The Morgan fingerprint density at radius 1 is 1.47 bits per heavy atom. The molecule has 1 aromatic heterocycles. The first-order valence-electron chi connectivity index (χ1n) is 5.91. The SMILES string of the molecule is NC(=S)CN(Cc1ccc(Br)s1)C1CCCC1. The van der Waals surface area contributed by atoms with Crippen LogP contribution in [0.25, 0.3) is 0 Å². The smallest absolute Gasteiger partial charge is 0.0870 e. The van der Waals surface area contributed by atoms with Crippen molar-refractivity contribution < 1.29 is 0 Å². The number of thiocarbonyl (C=S) groups is 1. The molecule has 0 spiro atoms. The van der Waals surface area contributed by atoms with Crippen LogP contribution in [0.5, 0.6) is 0 Å². The molecular formula is C12H17BrN2S2. The Kier molecular flexibility index (Phi) is 4.97. The van der Waals surface area contributed by atoms with E-state index >= 15 is 0 Å². The third kappa shape index (κ3) is 4.02. The highest BCUT2D eigenvalue weighted by atomic mass is 79.9. The van der Waals surface area contributed by atoms with Gasteiger partial charge in [-0.05, 0) is 40.9 Å². The van der Waals surface area contributed by atoms with E-state index in [4.69, 9.17) is 18.0 Å². The maximum Gasteiger partial charge on any atom is 0.0870 e. The zero-order chi connectivity index (χ0) is 12.3. The minimum absolute atomic E-state index is 0.604. The van der Waals surface area contributed by atoms with Gasteiger partial charge in [0.2, 0.25) is 0 Å². The monoisotopic (exact) mass is 332 g/mol. The molecule has 1 fully saturated rings. The van der Waals surface area contributed by atoms with E-state index in [1.54, 1.807) is 11.3 Å². The summed E-state index contributed by atoms with van der Waals surface area (Å²) in [4.78, 5) is 4.42. The maximum atomic E-state index is 5.70. The molecule has 0 aromatic carbocycles. The Morgan fingerprint density at radius 3 is 2.71 bits per heavy atom. The summed E-state index contributed by atoms with van der Waals surface area (Å²) >= 11 is 10.4. The number of thiophene rings is 1. The minimum Gasteiger partial charge on any atom is -0.392 e. The highest BCUT2D eigenvalue weighted by molar-refractivity contribution is 9.11. The van der Waals surface area contributed by atoms with Gasteiger partial charge in [0.05, 0.1) is 8.77 Å². The molecule has 1 aliphatic rings. The van der Waals surface area contributed by atoms with Crippen LogP contribution in [0.4, 0.5) is 0 Å². The van der Waals surface area contributed by atoms with Crippen LogP contribution in [-0.2, 0) is 6.54 Å². The summed E-state index contributed by atoms with van der Waals surface area (Å²) in [6, 6.07) is 4.95. The lowest BCUT2D eigenvalue weighted by Gasteiger charge is -2.27. The first kappa shape index (κ1) is 13.5. The zero-order valence-electron chi connectivity index (χ0n) is 9.69. The Bertz CT molecular complexity index is 386. The topological polar surface area (TPSA) is 29.3 Å². The van der Waals surface area contributed by atoms with Crippen molar-refractivity contribution >= 4 is 44.5 Å². The second-order valence-electron chi connectivity index (χ2n) is 4.52. The Balaban J connectivity index is 2.01. The average Bonchev–Trinajstić information content (AvgIpc) is 2.87. The quantitative estimate of drug-likeness (QED) is 0.836. The van der Waals surface area contributed by atoms with Crippen LogP contribution in [-0.4, -0.2) is 22.5 Å². The molecule has 1 aromatic rings. The summed E-state index contributed by atoms with van der Waals surface area (Å²) in [7, 11) is 0. The van der Waals surface area contributed by atoms with Gasteiger partial charge in [-0.2, -0.15) is 0 Å². The molecule has 0 saturated heterocycles. The molecule has 2 rings (SSSR count). The summed E-state index contributed by atoms with van der Waals surface area (Å²) in [5.41, 5.74) is 5.70. The van der Waals surface area contributed by atoms with Crippen molar-refractivity contribution in [1.29, 1.82) is 0 Å². The molecule has 5 heteroatoms. The van der Waals surface area contributed by atoms with Gasteiger partial charge in [0.1, 0.15) is 0 Å². The molecule has 1 heterocycles. The van der Waals surface area contributed by atoms with E-state index in [1.807, 2.05) is 0 Å². The third-order valence-electron chi connectivity index (χ3n) is 3.19. The first-order chi connectivity index (χ1) is 8.15. The summed E-state index contributed by atoms with van der Waals surface area (Å²) in [6.45, 7) is 1.72. The fourth-order valence-electron chi connectivity index (χ4n) is 2.42. The van der Waals surface area contributed by atoms with Crippen molar-refractivity contribution in [1.82, 2.24) is 4.90 Å². The predicted octanol–water partition coefficient (Wildman–Crippen LogP) is 3.54. The van der Waals surface area contributed by atoms with Crippen molar-refractivity contribution in [2.75, 3.05) is 6.54 Å². The molecule has 2 nitrogen and oxygen atoms in total. The van der Waals surface area contributed by atoms with Gasteiger partial charge in [-0.3, -0.25) is 4.90 Å². The van der Waals surface area contributed by atoms with Crippen LogP contribution >= 0.6 is 39.5 Å². The van der Waals surface area contributed by atoms with E-state index in [2.05, 4.69) is 33.0 Å². The largest absolute Gasteiger partial charge is 0.392 e. The van der Waals surface area contributed by atoms with Crippen molar-refractivity contribution in [3.05, 3.63) is 20.8 Å². The van der Waals surface area contributed by atoms with Crippen LogP contribution < -0.4 is 5.73 Å². The second kappa shape index (κ2) is 6.27. The van der Waals surface area contributed by atoms with E-state index in [-0.39, 0.29) is 0 Å². The van der Waals surface area contributed by atoms with E-state index < -0.39 is 0 Å². The molecule has 2 N–H and O–H groups in total. The van der Waals surface area contributed by atoms with Gasteiger partial charge in [-0.15, -0.1) is 11.3 Å². The Morgan fingerprint density at radius 2 is 2.18 bits per heavy atom. The number of hydrogen-bond acceptors (Lipinski definition) is 3. The lowest BCUT2D eigenvalue weighted by Crippen LogP contribution is -2.38. The Labute approximate surface area is 120 Å². The molecule has 0 amide bonds. The van der Waals surface area contributed by atoms with Crippen molar-refractivity contribution in [2.24, 2.45) is 5.73 Å². The van der Waals surface area contributed by atoms with Crippen molar-refractivity contribution in [2.45, 2.75) is 38.3 Å². The van der Waals surface area contributed by atoms with Gasteiger partial charge in [0, 0.05) is 24.0 Å². The molecule has 94 valence electrons. The molecule has 17 heavy (non-hydrogen) atoms. The standard InChI is InChI=1S/C12H17BrN2S2/c13-11-6-5-10(17-11)7-15(8-12(14)16)9-3-1-2-4-9/h5-6,9H,1-4,7-8H2,(H2,14,16). The van der Waals surface area contributed by atoms with Crippen LogP contribution in [0.3, 0.4) is 0 Å². The number of halogens is 1. The molecule has 0 radical (unpaired) electrons. The maximum absolute atomic E-state index is 5.70. The summed E-state index contributed by atoms with van der Waals surface area (Å²) < 4.78 is 1.19. The molecule has 0 bridgehead atoms. The fourth-order valence-corrected chi connectivity index (χ4v) is 4.10. The fraction of sp³-hybridized carbons (Fsp3) is 0.583. The molecular weight excluding hydrogens is 316 g/mol. The average molecular weight is 333 g/mol. The van der Waals surface area contributed by atoms with E-state index in [1.165, 1.54) is 34.3 Å². The van der Waals surface area contributed by atoms with Crippen LogP contribution in [0.2, 0.25) is 0 Å². The number of rotatable bonds is 5. The Hall–Kier alpha value is 0.0300. The molecule has 1 aliphatic carbocycles. The van der Waals surface area contributed by atoms with Crippen LogP contribution in [0.1, 0.15) is 30.6 Å². The van der Waals surface area contributed by atoms with Gasteiger partial charge in [0.15, 0.2) is 0 Å². The molecule has 0 unspecified atom stereocenters. The highest BCUT2D eigenvalue weighted by Gasteiger charge is 2.23. The summed E-state index contributed by atoms with van der Waals surface area (Å²) in [6.07, 6.45) is 5.25. The molecule has 1 saturated carbocycles. The summed E-state index contributed by atoms with van der Waals surface area (Å²) in [5, 5.41) is 0. The molecule has 0 aliphatic heterocycles. The number of nitrogens with two attached hydrogens (primary N) is 1. The van der Waals surface area contributed by atoms with E-state index in [0.29, 0.717) is 11.0 Å². The van der Waals surface area contributed by atoms with Crippen molar-refractivity contribution in [3.63, 3.8) is 0 Å². The van der Waals surface area contributed by atoms with Crippen molar-refractivity contribution in [3.8, 4) is 0 Å². The second-order valence-corrected chi connectivity index (χ2v) is 7.59. The van der Waals surface area contributed by atoms with Gasteiger partial charge >= 0.3 is 0 Å². The number of hydrogen-bond donors (Lipinski definition) is 1. The van der Waals surface area contributed by atoms with E-state index in [0.717, 1.165) is 13.1 Å². The van der Waals surface area contributed by atoms with Crippen LogP contribution in [0.15, 0.2) is 15.9 Å². The summed E-state index contributed by atoms with van der Waals surface area (Å²) in [5.74, 6) is 0. The van der Waals surface area contributed by atoms with Gasteiger partial charge < -0.3 is 5.73 Å². The molecule has 0 atom stereocenters. The van der Waals surface area contributed by atoms with Gasteiger partial charge in [-0.1, -0.05) is 25.1 Å². The predicted molar refractivity (Wildman–Crippen MR) is 81.5 cm³/mol. The van der Waals surface area contributed by atoms with Crippen LogP contribution in [0, 0.1) is 0 Å². The lowest BCUT2D eigenvalue weighted by atomic mass is 10.2. The minimum atomic E-state index is 0.604. The van der Waals surface area contributed by atoms with Gasteiger partial charge in [-0.25, -0.2) is 0 Å². The van der Waals surface area contributed by atoms with Gasteiger partial charge in [0.25, 0.3) is 0 Å². The number of nitrogens with zero attached hydrogens (tertiary/aromatic N) is 1. The zero-order valence-corrected chi connectivity index (χ0v) is 12.9. The normalized spacial score (nSPS) is 16.8. The third-order valence-corrected chi connectivity index (χ3v) is 4.93.